The van der Waals surface area contributed by atoms with Crippen molar-refractivity contribution in [2.45, 2.75) is 22.8 Å². The zero-order chi connectivity index (χ0) is 20.8. The van der Waals surface area contributed by atoms with E-state index in [4.69, 9.17) is 4.74 Å². The Morgan fingerprint density at radius 1 is 1.07 bits per heavy atom. The summed E-state index contributed by atoms with van der Waals surface area (Å²) in [7, 11) is 1.62. The molecule has 0 aliphatic carbocycles. The molecule has 1 aliphatic heterocycles. The minimum absolute atomic E-state index is 0.0191. The summed E-state index contributed by atoms with van der Waals surface area (Å²) in [5, 5.41) is 3.91. The number of methoxy groups -OCH3 is 1. The van der Waals surface area contributed by atoms with Gasteiger partial charge in [0.2, 0.25) is 5.91 Å². The Balaban J connectivity index is 1.38. The van der Waals surface area contributed by atoms with Crippen LogP contribution in [0.2, 0.25) is 0 Å². The number of piperidine rings is 1. The van der Waals surface area contributed by atoms with E-state index in [1.54, 1.807) is 31.3 Å². The van der Waals surface area contributed by atoms with Crippen molar-refractivity contribution in [3.8, 4) is 5.75 Å². The van der Waals surface area contributed by atoms with Crippen LogP contribution < -0.4 is 15.0 Å². The Hall–Kier alpha value is -3.06. The number of nitrogens with zero attached hydrogens (tertiary/aromatic N) is 3. The van der Waals surface area contributed by atoms with Crippen molar-refractivity contribution in [1.29, 1.82) is 0 Å². The van der Waals surface area contributed by atoms with Gasteiger partial charge in [-0.1, -0.05) is 36.0 Å². The highest BCUT2D eigenvalue weighted by molar-refractivity contribution is 7.99. The quantitative estimate of drug-likeness (QED) is 0.634. The first-order chi connectivity index (χ1) is 14.7. The average Bonchev–Trinajstić information content (AvgIpc) is 2.80. The highest BCUT2D eigenvalue weighted by Gasteiger charge is 2.27. The Bertz CT molecular complexity index is 991. The molecule has 2 aromatic carbocycles. The van der Waals surface area contributed by atoms with Gasteiger partial charge in [0.05, 0.1) is 7.11 Å². The molecule has 1 saturated heterocycles. The van der Waals surface area contributed by atoms with Crippen LogP contribution in [0.3, 0.4) is 0 Å². The SMILES string of the molecule is COc1cccc(NC(=O)C2CCN(c3nccnc3Sc3ccccc3)CC2)c1. The highest BCUT2D eigenvalue weighted by atomic mass is 32.2. The second-order valence-corrected chi connectivity index (χ2v) is 8.14. The van der Waals surface area contributed by atoms with E-state index in [-0.39, 0.29) is 11.8 Å². The van der Waals surface area contributed by atoms with Crippen molar-refractivity contribution in [3.63, 3.8) is 0 Å². The number of hydrogen-bond donors (Lipinski definition) is 1. The van der Waals surface area contributed by atoms with Gasteiger partial charge in [0.1, 0.15) is 10.8 Å². The highest BCUT2D eigenvalue weighted by Crippen LogP contribution is 2.34. The second-order valence-electron chi connectivity index (χ2n) is 7.08. The van der Waals surface area contributed by atoms with Crippen LogP contribution in [0.1, 0.15) is 12.8 Å². The van der Waals surface area contributed by atoms with E-state index in [1.165, 1.54) is 0 Å². The van der Waals surface area contributed by atoms with Gasteiger partial charge in [0, 0.05) is 48.1 Å². The lowest BCUT2D eigenvalue weighted by Crippen LogP contribution is -2.38. The summed E-state index contributed by atoms with van der Waals surface area (Å²) in [5.74, 6) is 1.65. The predicted octanol–water partition coefficient (Wildman–Crippen LogP) is 4.49. The van der Waals surface area contributed by atoms with Gasteiger partial charge < -0.3 is 15.0 Å². The molecule has 0 unspecified atom stereocenters. The first-order valence-electron chi connectivity index (χ1n) is 9.96. The zero-order valence-electron chi connectivity index (χ0n) is 16.8. The second kappa shape index (κ2) is 9.63. The number of carbonyl (C=O) groups is 1. The molecule has 2 heterocycles. The molecule has 0 saturated carbocycles. The summed E-state index contributed by atoms with van der Waals surface area (Å²) in [6.45, 7) is 1.55. The van der Waals surface area contributed by atoms with Crippen molar-refractivity contribution in [1.82, 2.24) is 9.97 Å². The minimum atomic E-state index is -0.0191. The lowest BCUT2D eigenvalue weighted by molar-refractivity contribution is -0.120. The predicted molar refractivity (Wildman–Crippen MR) is 119 cm³/mol. The van der Waals surface area contributed by atoms with Gasteiger partial charge in [-0.3, -0.25) is 4.79 Å². The van der Waals surface area contributed by atoms with E-state index in [9.17, 15) is 4.79 Å². The fourth-order valence-electron chi connectivity index (χ4n) is 3.51. The summed E-state index contributed by atoms with van der Waals surface area (Å²) in [5.41, 5.74) is 0.761. The molecule has 1 N–H and O–H groups in total. The van der Waals surface area contributed by atoms with Crippen LogP contribution in [0.5, 0.6) is 5.75 Å². The molecule has 3 aromatic rings. The van der Waals surface area contributed by atoms with Crippen molar-refractivity contribution in [3.05, 3.63) is 67.0 Å². The van der Waals surface area contributed by atoms with Gasteiger partial charge in [-0.2, -0.15) is 0 Å². The third-order valence-corrected chi connectivity index (χ3v) is 6.10. The maximum Gasteiger partial charge on any atom is 0.227 e. The number of rotatable bonds is 6. The number of ether oxygens (including phenoxy) is 1. The molecule has 1 amide bonds. The van der Waals surface area contributed by atoms with Crippen molar-refractivity contribution < 1.29 is 9.53 Å². The van der Waals surface area contributed by atoms with Crippen LogP contribution in [-0.4, -0.2) is 36.1 Å². The first kappa shape index (κ1) is 20.2. The van der Waals surface area contributed by atoms with Gasteiger partial charge >= 0.3 is 0 Å². The number of carbonyl (C=O) groups excluding carboxylic acids is 1. The largest absolute Gasteiger partial charge is 0.497 e. The van der Waals surface area contributed by atoms with Crippen LogP contribution in [0.4, 0.5) is 11.5 Å². The van der Waals surface area contributed by atoms with E-state index in [2.05, 4.69) is 32.3 Å². The van der Waals surface area contributed by atoms with Gasteiger partial charge in [0.15, 0.2) is 5.82 Å². The molecular weight excluding hydrogens is 396 g/mol. The van der Waals surface area contributed by atoms with E-state index >= 15 is 0 Å². The molecular formula is C23H24N4O2S. The zero-order valence-corrected chi connectivity index (χ0v) is 17.6. The molecule has 7 heteroatoms. The number of aromatic nitrogens is 2. The Kier molecular flexibility index (Phi) is 6.49. The molecule has 1 aromatic heterocycles. The molecule has 1 aliphatic rings. The lowest BCUT2D eigenvalue weighted by atomic mass is 9.96. The fraction of sp³-hybridized carbons (Fsp3) is 0.261. The van der Waals surface area contributed by atoms with Crippen molar-refractivity contribution >= 4 is 29.2 Å². The van der Waals surface area contributed by atoms with Gasteiger partial charge in [-0.25, -0.2) is 9.97 Å². The van der Waals surface area contributed by atoms with Crippen molar-refractivity contribution in [2.75, 3.05) is 30.4 Å². The summed E-state index contributed by atoms with van der Waals surface area (Å²) >= 11 is 1.61. The molecule has 0 radical (unpaired) electrons. The molecule has 6 nitrogen and oxygen atoms in total. The standard InChI is InChI=1S/C23H24N4O2S/c1-29-19-7-5-6-18(16-19)26-22(28)17-10-14-27(15-11-17)21-23(25-13-12-24-21)30-20-8-3-2-4-9-20/h2-9,12-13,16-17H,10-11,14-15H2,1H3,(H,26,28). The van der Waals surface area contributed by atoms with Gasteiger partial charge in [-0.05, 0) is 37.1 Å². The summed E-state index contributed by atoms with van der Waals surface area (Å²) in [6.07, 6.45) is 5.01. The molecule has 154 valence electrons. The number of benzene rings is 2. The molecule has 30 heavy (non-hydrogen) atoms. The van der Waals surface area contributed by atoms with E-state index in [1.807, 2.05) is 42.5 Å². The van der Waals surface area contributed by atoms with Gasteiger partial charge in [0.25, 0.3) is 0 Å². The third kappa shape index (κ3) is 4.91. The van der Waals surface area contributed by atoms with Crippen LogP contribution >= 0.6 is 11.8 Å². The molecule has 0 bridgehead atoms. The smallest absolute Gasteiger partial charge is 0.227 e. The lowest BCUT2D eigenvalue weighted by Gasteiger charge is -2.32. The normalized spacial score (nSPS) is 14.4. The Morgan fingerprint density at radius 2 is 1.83 bits per heavy atom. The minimum Gasteiger partial charge on any atom is -0.497 e. The molecule has 0 atom stereocenters. The molecule has 0 spiro atoms. The third-order valence-electron chi connectivity index (χ3n) is 5.11. The number of amides is 1. The van der Waals surface area contributed by atoms with Crippen LogP contribution in [0.15, 0.2) is 76.9 Å². The maximum atomic E-state index is 12.7. The fourth-order valence-corrected chi connectivity index (χ4v) is 4.41. The van der Waals surface area contributed by atoms with E-state index in [0.29, 0.717) is 0 Å². The monoisotopic (exact) mass is 420 g/mol. The Morgan fingerprint density at radius 3 is 2.60 bits per heavy atom. The number of anilines is 2. The van der Waals surface area contributed by atoms with Crippen molar-refractivity contribution in [2.24, 2.45) is 5.92 Å². The topological polar surface area (TPSA) is 67.3 Å². The van der Waals surface area contributed by atoms with E-state index in [0.717, 1.165) is 53.1 Å². The summed E-state index contributed by atoms with van der Waals surface area (Å²) < 4.78 is 5.23. The maximum absolute atomic E-state index is 12.7. The van der Waals surface area contributed by atoms with Gasteiger partial charge in [-0.15, -0.1) is 0 Å². The molecule has 4 rings (SSSR count). The van der Waals surface area contributed by atoms with Crippen LogP contribution in [0.25, 0.3) is 0 Å². The summed E-state index contributed by atoms with van der Waals surface area (Å²) in [6, 6.07) is 17.6. The first-order valence-corrected chi connectivity index (χ1v) is 10.8. The summed E-state index contributed by atoms with van der Waals surface area (Å²) in [4.78, 5) is 25.2. The number of hydrogen-bond acceptors (Lipinski definition) is 6. The molecule has 1 fully saturated rings. The van der Waals surface area contributed by atoms with Crippen LogP contribution in [-0.2, 0) is 4.79 Å². The van der Waals surface area contributed by atoms with Crippen LogP contribution in [0, 0.1) is 5.92 Å². The average molecular weight is 421 g/mol. The van der Waals surface area contributed by atoms with E-state index < -0.39 is 0 Å². The Labute approximate surface area is 180 Å². The number of nitrogens with one attached hydrogen (secondary N) is 1.